The highest BCUT2D eigenvalue weighted by molar-refractivity contribution is 7.98. The van der Waals surface area contributed by atoms with Gasteiger partial charge in [-0.1, -0.05) is 0 Å². The highest BCUT2D eigenvalue weighted by Crippen LogP contribution is 2.30. The van der Waals surface area contributed by atoms with Crippen molar-refractivity contribution in [2.45, 2.75) is 44.7 Å². The summed E-state index contributed by atoms with van der Waals surface area (Å²) in [7, 11) is 2.19. The molecular formula is C15H29N3OS. The van der Waals surface area contributed by atoms with Crippen molar-refractivity contribution in [3.8, 4) is 0 Å². The number of urea groups is 1. The van der Waals surface area contributed by atoms with Gasteiger partial charge >= 0.3 is 6.03 Å². The third-order valence-electron chi connectivity index (χ3n) is 4.66. The smallest absolute Gasteiger partial charge is 0.317 e. The van der Waals surface area contributed by atoms with Crippen LogP contribution in [-0.4, -0.2) is 66.6 Å². The number of carbonyl (C=O) groups is 1. The second-order valence-corrected chi connectivity index (χ2v) is 7.33. The Morgan fingerprint density at radius 1 is 1.40 bits per heavy atom. The molecule has 0 spiro atoms. The summed E-state index contributed by atoms with van der Waals surface area (Å²) in [6.45, 7) is 5.32. The van der Waals surface area contributed by atoms with Crippen LogP contribution in [0.25, 0.3) is 0 Å². The van der Waals surface area contributed by atoms with Gasteiger partial charge in [0, 0.05) is 25.2 Å². The van der Waals surface area contributed by atoms with Crippen molar-refractivity contribution >= 4 is 17.8 Å². The van der Waals surface area contributed by atoms with Crippen molar-refractivity contribution in [1.82, 2.24) is 15.1 Å². The Bertz CT molecular complexity index is 326. The number of hydrogen-bond donors (Lipinski definition) is 1. The van der Waals surface area contributed by atoms with Gasteiger partial charge in [-0.15, -0.1) is 0 Å². The molecular weight excluding hydrogens is 270 g/mol. The lowest BCUT2D eigenvalue weighted by Gasteiger charge is -2.46. The summed E-state index contributed by atoms with van der Waals surface area (Å²) in [5.41, 5.74) is 0. The number of amides is 2. The molecule has 3 unspecified atom stereocenters. The van der Waals surface area contributed by atoms with E-state index in [9.17, 15) is 4.79 Å². The van der Waals surface area contributed by atoms with E-state index in [1.165, 1.54) is 6.42 Å². The van der Waals surface area contributed by atoms with E-state index in [0.29, 0.717) is 12.0 Å². The molecule has 2 rings (SSSR count). The van der Waals surface area contributed by atoms with E-state index in [0.717, 1.165) is 44.6 Å². The van der Waals surface area contributed by atoms with Crippen molar-refractivity contribution in [2.24, 2.45) is 5.92 Å². The third kappa shape index (κ3) is 4.04. The summed E-state index contributed by atoms with van der Waals surface area (Å²) >= 11 is 1.84. The van der Waals surface area contributed by atoms with Gasteiger partial charge in [0.15, 0.2) is 0 Å². The normalized spacial score (nSPS) is 28.9. The Morgan fingerprint density at radius 2 is 2.20 bits per heavy atom. The maximum Gasteiger partial charge on any atom is 0.317 e. The Labute approximate surface area is 127 Å². The Kier molecular flexibility index (Phi) is 6.02. The molecule has 4 nitrogen and oxygen atoms in total. The van der Waals surface area contributed by atoms with Gasteiger partial charge in [-0.05, 0) is 64.1 Å². The van der Waals surface area contributed by atoms with Crippen molar-refractivity contribution in [3.05, 3.63) is 0 Å². The van der Waals surface area contributed by atoms with E-state index in [1.807, 2.05) is 11.8 Å². The standard InChI is InChI=1S/C15H29N3OS/c1-12(7-10-20-3)16-15(19)18-8-4-5-13-11-17(2)9-6-14(13)18/h12-14H,4-11H2,1-3H3,(H,16,19). The fourth-order valence-corrected chi connectivity index (χ4v) is 4.09. The maximum atomic E-state index is 12.5. The van der Waals surface area contributed by atoms with E-state index in [2.05, 4.69) is 35.3 Å². The molecule has 0 aliphatic carbocycles. The average molecular weight is 299 g/mol. The SMILES string of the molecule is CSCCC(C)NC(=O)N1CCCC2CN(C)CCC21. The highest BCUT2D eigenvalue weighted by Gasteiger charge is 2.37. The summed E-state index contributed by atoms with van der Waals surface area (Å²) in [5, 5.41) is 3.19. The largest absolute Gasteiger partial charge is 0.335 e. The number of hydrogen-bond acceptors (Lipinski definition) is 3. The maximum absolute atomic E-state index is 12.5. The van der Waals surface area contributed by atoms with Crippen LogP contribution in [-0.2, 0) is 0 Å². The molecule has 0 aromatic rings. The molecule has 0 bridgehead atoms. The minimum Gasteiger partial charge on any atom is -0.335 e. The zero-order valence-electron chi connectivity index (χ0n) is 13.1. The van der Waals surface area contributed by atoms with Crippen LogP contribution in [0.1, 0.15) is 32.6 Å². The van der Waals surface area contributed by atoms with Crippen LogP contribution in [0.4, 0.5) is 4.79 Å². The number of piperidine rings is 2. The molecule has 2 aliphatic heterocycles. The number of fused-ring (bicyclic) bond motifs is 1. The van der Waals surface area contributed by atoms with Gasteiger partial charge in [0.2, 0.25) is 0 Å². The van der Waals surface area contributed by atoms with E-state index in [4.69, 9.17) is 0 Å². The van der Waals surface area contributed by atoms with Gasteiger partial charge in [0.25, 0.3) is 0 Å². The van der Waals surface area contributed by atoms with Crippen LogP contribution in [0, 0.1) is 5.92 Å². The monoisotopic (exact) mass is 299 g/mol. The van der Waals surface area contributed by atoms with Crippen LogP contribution < -0.4 is 5.32 Å². The Hall–Kier alpha value is -0.420. The molecule has 2 aliphatic rings. The van der Waals surface area contributed by atoms with Crippen LogP contribution >= 0.6 is 11.8 Å². The molecule has 2 heterocycles. The van der Waals surface area contributed by atoms with E-state index in [1.54, 1.807) is 0 Å². The first-order chi connectivity index (χ1) is 9.61. The molecule has 20 heavy (non-hydrogen) atoms. The minimum atomic E-state index is 0.165. The topological polar surface area (TPSA) is 35.6 Å². The second-order valence-electron chi connectivity index (χ2n) is 6.35. The lowest BCUT2D eigenvalue weighted by atomic mass is 9.84. The Balaban J connectivity index is 1.88. The molecule has 0 saturated carbocycles. The van der Waals surface area contributed by atoms with Gasteiger partial charge < -0.3 is 15.1 Å². The van der Waals surface area contributed by atoms with Crippen LogP contribution in [0.15, 0.2) is 0 Å². The molecule has 0 aromatic carbocycles. The van der Waals surface area contributed by atoms with E-state index >= 15 is 0 Å². The highest BCUT2D eigenvalue weighted by atomic mass is 32.2. The number of nitrogens with one attached hydrogen (secondary N) is 1. The van der Waals surface area contributed by atoms with Crippen LogP contribution in [0.3, 0.4) is 0 Å². The molecule has 1 N–H and O–H groups in total. The fourth-order valence-electron chi connectivity index (χ4n) is 3.50. The van der Waals surface area contributed by atoms with Gasteiger partial charge in [0.05, 0.1) is 0 Å². The number of likely N-dealkylation sites (tertiary alicyclic amines) is 2. The second kappa shape index (κ2) is 7.55. The number of carbonyl (C=O) groups excluding carboxylic acids is 1. The molecule has 3 atom stereocenters. The van der Waals surface area contributed by atoms with E-state index < -0.39 is 0 Å². The third-order valence-corrected chi connectivity index (χ3v) is 5.30. The number of thioether (sulfide) groups is 1. The van der Waals surface area contributed by atoms with Crippen molar-refractivity contribution < 1.29 is 4.79 Å². The van der Waals surface area contributed by atoms with Gasteiger partial charge in [-0.25, -0.2) is 4.79 Å². The predicted octanol–water partition coefficient (Wildman–Crippen LogP) is 2.25. The predicted molar refractivity (Wildman–Crippen MR) is 86.3 cm³/mol. The zero-order valence-corrected chi connectivity index (χ0v) is 13.9. The fraction of sp³-hybridized carbons (Fsp3) is 0.933. The van der Waals surface area contributed by atoms with Gasteiger partial charge in [-0.2, -0.15) is 11.8 Å². The summed E-state index contributed by atoms with van der Waals surface area (Å²) in [6.07, 6.45) is 6.73. The minimum absolute atomic E-state index is 0.165. The molecule has 0 radical (unpaired) electrons. The average Bonchev–Trinajstić information content (AvgIpc) is 2.44. The first kappa shape index (κ1) is 16.0. The lowest BCUT2D eigenvalue weighted by molar-refractivity contribution is 0.0525. The van der Waals surface area contributed by atoms with Gasteiger partial charge in [0.1, 0.15) is 0 Å². The number of nitrogens with zero attached hydrogens (tertiary/aromatic N) is 2. The van der Waals surface area contributed by atoms with E-state index in [-0.39, 0.29) is 12.1 Å². The number of rotatable bonds is 4. The lowest BCUT2D eigenvalue weighted by Crippen LogP contribution is -2.58. The summed E-state index contributed by atoms with van der Waals surface area (Å²) < 4.78 is 0. The van der Waals surface area contributed by atoms with Crippen molar-refractivity contribution in [1.29, 1.82) is 0 Å². The van der Waals surface area contributed by atoms with Gasteiger partial charge in [-0.3, -0.25) is 0 Å². The first-order valence-electron chi connectivity index (χ1n) is 7.86. The first-order valence-corrected chi connectivity index (χ1v) is 9.25. The molecule has 116 valence electrons. The summed E-state index contributed by atoms with van der Waals surface area (Å²) in [6, 6.07) is 0.909. The quantitative estimate of drug-likeness (QED) is 0.865. The van der Waals surface area contributed by atoms with Crippen molar-refractivity contribution in [2.75, 3.05) is 38.7 Å². The van der Waals surface area contributed by atoms with Crippen molar-refractivity contribution in [3.63, 3.8) is 0 Å². The summed E-state index contributed by atoms with van der Waals surface area (Å²) in [4.78, 5) is 17.0. The van der Waals surface area contributed by atoms with Crippen LogP contribution in [0.5, 0.6) is 0 Å². The summed E-state index contributed by atoms with van der Waals surface area (Å²) in [5.74, 6) is 1.79. The molecule has 2 amide bonds. The molecule has 2 saturated heterocycles. The zero-order chi connectivity index (χ0) is 14.5. The van der Waals surface area contributed by atoms with Crippen LogP contribution in [0.2, 0.25) is 0 Å². The molecule has 5 heteroatoms. The molecule has 0 aromatic heterocycles. The Morgan fingerprint density at radius 3 is 2.95 bits per heavy atom. The molecule has 2 fully saturated rings.